The first-order valence-corrected chi connectivity index (χ1v) is 13.5. The van der Waals surface area contributed by atoms with Gasteiger partial charge in [-0.15, -0.1) is 0 Å². The van der Waals surface area contributed by atoms with E-state index in [0.29, 0.717) is 0 Å². The van der Waals surface area contributed by atoms with Crippen LogP contribution in [0.1, 0.15) is 58.2 Å². The highest BCUT2D eigenvalue weighted by Gasteiger charge is 2.34. The van der Waals surface area contributed by atoms with E-state index < -0.39 is 5.47 Å². The number of hydrogen-bond donors (Lipinski definition) is 0. The van der Waals surface area contributed by atoms with Crippen LogP contribution in [0.4, 0.5) is 0 Å². The number of benzene rings is 2. The molecule has 0 bridgehead atoms. The molecule has 0 aromatic heterocycles. The molecule has 2 aromatic carbocycles. The van der Waals surface area contributed by atoms with Crippen molar-refractivity contribution in [3.8, 4) is 11.5 Å². The van der Waals surface area contributed by atoms with Crippen molar-refractivity contribution in [2.24, 2.45) is 0 Å². The molecule has 5 heteroatoms. The minimum absolute atomic E-state index is 0.00653. The molecule has 1 aliphatic rings. The lowest BCUT2D eigenvalue weighted by Gasteiger charge is -2.35. The summed E-state index contributed by atoms with van der Waals surface area (Å²) in [6, 6.07) is 12.7. The summed E-state index contributed by atoms with van der Waals surface area (Å²) >= 11 is 7.85. The zero-order valence-electron chi connectivity index (χ0n) is 17.3. The van der Waals surface area contributed by atoms with Crippen LogP contribution in [0.15, 0.2) is 36.4 Å². The molecule has 27 heavy (non-hydrogen) atoms. The van der Waals surface area contributed by atoms with Crippen molar-refractivity contribution < 1.29 is 9.26 Å². The van der Waals surface area contributed by atoms with Gasteiger partial charge in [0.15, 0.2) is 5.47 Å². The molecule has 1 atom stereocenters. The van der Waals surface area contributed by atoms with Crippen molar-refractivity contribution in [1.29, 1.82) is 0 Å². The maximum absolute atomic E-state index is 6.65. The van der Waals surface area contributed by atoms with Crippen molar-refractivity contribution in [2.45, 2.75) is 58.1 Å². The van der Waals surface area contributed by atoms with Crippen molar-refractivity contribution >= 4 is 34.0 Å². The first-order valence-electron chi connectivity index (χ1n) is 9.21. The molecular weight excluding hydrogens is 391 g/mol. The lowest BCUT2D eigenvalue weighted by molar-refractivity contribution is 0.415. The van der Waals surface area contributed by atoms with Crippen LogP contribution < -0.4 is 14.6 Å². The number of methoxy groups -OCH3 is 1. The molecule has 0 saturated heterocycles. The number of fused-ring (bicyclic) bond motifs is 1. The number of ether oxygens (including phenoxy) is 1. The average Bonchev–Trinajstić information content (AvgIpc) is 2.59. The third-order valence-corrected chi connectivity index (χ3v) is 11.0. The highest BCUT2D eigenvalue weighted by molar-refractivity contribution is 8.71. The fraction of sp³-hybridized carbons (Fsp3) is 0.455. The summed E-state index contributed by atoms with van der Waals surface area (Å²) in [4.78, 5) is 0. The normalized spacial score (nSPS) is 20.0. The molecule has 1 aliphatic heterocycles. The van der Waals surface area contributed by atoms with Crippen molar-refractivity contribution in [3.63, 3.8) is 0 Å². The maximum atomic E-state index is 6.65. The predicted octanol–water partition coefficient (Wildman–Crippen LogP) is 6.55. The van der Waals surface area contributed by atoms with Gasteiger partial charge in [0.1, 0.15) is 11.5 Å². The van der Waals surface area contributed by atoms with E-state index in [4.69, 9.17) is 21.1 Å². The molecule has 0 amide bonds. The molecule has 0 aliphatic carbocycles. The van der Waals surface area contributed by atoms with Gasteiger partial charge < -0.3 is 9.26 Å². The largest absolute Gasteiger partial charge is 0.497 e. The van der Waals surface area contributed by atoms with Gasteiger partial charge in [0, 0.05) is 22.2 Å². The highest BCUT2D eigenvalue weighted by Crippen LogP contribution is 2.65. The van der Waals surface area contributed by atoms with Crippen molar-refractivity contribution in [1.82, 2.24) is 0 Å². The first-order chi connectivity index (χ1) is 12.4. The summed E-state index contributed by atoms with van der Waals surface area (Å²) in [7, 11) is 1.68. The van der Waals surface area contributed by atoms with E-state index in [1.165, 1.54) is 16.7 Å². The SMILES string of the molecule is COc1ccc(P2(=S)Oc3c(cc(C(C)(C)C)cc3C(C)(C)C)CS2)cc1. The lowest BCUT2D eigenvalue weighted by atomic mass is 9.79. The van der Waals surface area contributed by atoms with Gasteiger partial charge in [0.2, 0.25) is 0 Å². The Morgan fingerprint density at radius 2 is 1.63 bits per heavy atom. The fourth-order valence-corrected chi connectivity index (χ4v) is 8.07. The van der Waals surface area contributed by atoms with Gasteiger partial charge in [-0.25, -0.2) is 0 Å². The second kappa shape index (κ2) is 7.13. The van der Waals surface area contributed by atoms with Crippen LogP contribution in [0.3, 0.4) is 0 Å². The van der Waals surface area contributed by atoms with E-state index in [1.807, 2.05) is 12.1 Å². The minimum Gasteiger partial charge on any atom is -0.497 e. The standard InChI is InChI=1S/C22H29O2PS2/c1-21(2,3)16-12-15-14-27-25(26,18-10-8-17(23-7)9-11-18)24-20(15)19(13-16)22(4,5)6/h8-13H,14H2,1-7H3. The summed E-state index contributed by atoms with van der Waals surface area (Å²) in [5.74, 6) is 2.74. The van der Waals surface area contributed by atoms with E-state index in [1.54, 1.807) is 18.5 Å². The van der Waals surface area contributed by atoms with E-state index in [0.717, 1.165) is 22.6 Å². The van der Waals surface area contributed by atoms with Crippen molar-refractivity contribution in [3.05, 3.63) is 53.1 Å². The quantitative estimate of drug-likeness (QED) is 0.513. The molecule has 1 unspecified atom stereocenters. The molecule has 1 heterocycles. The summed E-state index contributed by atoms with van der Waals surface area (Å²) < 4.78 is 11.9. The molecule has 146 valence electrons. The van der Waals surface area contributed by atoms with Gasteiger partial charge in [-0.1, -0.05) is 65.1 Å². The summed E-state index contributed by atoms with van der Waals surface area (Å²) in [5.41, 5.74) is 1.80. The lowest BCUT2D eigenvalue weighted by Crippen LogP contribution is -2.21. The Kier molecular flexibility index (Phi) is 5.49. The van der Waals surface area contributed by atoms with E-state index in [-0.39, 0.29) is 10.8 Å². The van der Waals surface area contributed by atoms with Crippen LogP contribution in [0.25, 0.3) is 0 Å². The Bertz CT molecular complexity index is 890. The number of hydrogen-bond acceptors (Lipinski definition) is 4. The molecule has 2 aromatic rings. The first kappa shape index (κ1) is 20.8. The number of rotatable bonds is 2. The third kappa shape index (κ3) is 4.23. The average molecular weight is 421 g/mol. The van der Waals surface area contributed by atoms with Gasteiger partial charge in [-0.2, -0.15) is 0 Å². The van der Waals surface area contributed by atoms with Gasteiger partial charge in [0.25, 0.3) is 0 Å². The fourth-order valence-electron chi connectivity index (χ4n) is 3.09. The maximum Gasteiger partial charge on any atom is 0.197 e. The van der Waals surface area contributed by atoms with Crippen LogP contribution in [0, 0.1) is 0 Å². The Hall–Kier alpha value is -0.960. The third-order valence-electron chi connectivity index (χ3n) is 4.83. The highest BCUT2D eigenvalue weighted by atomic mass is 32.9. The van der Waals surface area contributed by atoms with Gasteiger partial charge in [0.05, 0.1) is 7.11 Å². The van der Waals surface area contributed by atoms with Crippen LogP contribution in [-0.2, 0) is 28.4 Å². The zero-order chi connectivity index (χ0) is 20.0. The zero-order valence-corrected chi connectivity index (χ0v) is 19.8. The smallest absolute Gasteiger partial charge is 0.197 e. The monoisotopic (exact) mass is 420 g/mol. The molecule has 0 fully saturated rings. The molecule has 2 nitrogen and oxygen atoms in total. The Labute approximate surface area is 172 Å². The van der Waals surface area contributed by atoms with Crippen molar-refractivity contribution in [2.75, 3.05) is 7.11 Å². The molecular formula is C22H29O2PS2. The minimum atomic E-state index is -2.19. The predicted molar refractivity (Wildman–Crippen MR) is 123 cm³/mol. The molecule has 0 N–H and O–H groups in total. The van der Waals surface area contributed by atoms with E-state index in [2.05, 4.69) is 65.8 Å². The van der Waals surface area contributed by atoms with Crippen LogP contribution >= 0.6 is 16.8 Å². The molecule has 0 saturated carbocycles. The second-order valence-electron chi connectivity index (χ2n) is 9.07. The van der Waals surface area contributed by atoms with Crippen LogP contribution in [0.2, 0.25) is 0 Å². The summed E-state index contributed by atoms with van der Waals surface area (Å²) in [6.45, 7) is 13.5. The summed E-state index contributed by atoms with van der Waals surface area (Å²) in [5, 5.41) is 1.09. The summed E-state index contributed by atoms with van der Waals surface area (Å²) in [6.07, 6.45) is 0. The Morgan fingerprint density at radius 3 is 2.15 bits per heavy atom. The molecule has 0 spiro atoms. The molecule has 0 radical (unpaired) electrons. The van der Waals surface area contributed by atoms with Crippen LogP contribution in [-0.4, -0.2) is 7.11 Å². The Balaban J connectivity index is 2.09. The second-order valence-corrected chi connectivity index (χ2v) is 15.9. The van der Waals surface area contributed by atoms with Crippen LogP contribution in [0.5, 0.6) is 11.5 Å². The van der Waals surface area contributed by atoms with E-state index in [9.17, 15) is 0 Å². The topological polar surface area (TPSA) is 18.5 Å². The Morgan fingerprint density at radius 1 is 1.00 bits per heavy atom. The molecule has 3 rings (SSSR count). The van der Waals surface area contributed by atoms with Gasteiger partial charge >= 0.3 is 0 Å². The van der Waals surface area contributed by atoms with E-state index >= 15 is 0 Å². The van der Waals surface area contributed by atoms with Gasteiger partial charge in [-0.05, 0) is 52.5 Å². The van der Waals surface area contributed by atoms with Gasteiger partial charge in [-0.3, -0.25) is 0 Å².